The van der Waals surface area contributed by atoms with Crippen LogP contribution in [0.15, 0.2) is 29.3 Å². The molecule has 0 fully saturated rings. The predicted molar refractivity (Wildman–Crippen MR) is 113 cm³/mol. The fourth-order valence-corrected chi connectivity index (χ4v) is 3.28. The molecule has 5 nitrogen and oxygen atoms in total. The molecule has 0 saturated heterocycles. The van der Waals surface area contributed by atoms with Gasteiger partial charge in [-0.3, -0.25) is 9.20 Å². The third kappa shape index (κ3) is 8.21. The van der Waals surface area contributed by atoms with Crippen LogP contribution in [0.2, 0.25) is 0 Å². The zero-order valence-electron chi connectivity index (χ0n) is 17.1. The number of hydrogen-bond acceptors (Lipinski definition) is 3. The molecule has 6 heteroatoms. The second-order valence-electron chi connectivity index (χ2n) is 7.31. The Morgan fingerprint density at radius 1 is 1.23 bits per heavy atom. The van der Waals surface area contributed by atoms with Crippen molar-refractivity contribution in [3.8, 4) is 5.75 Å². The minimum Gasteiger partial charge on any atom is -0.497 e. The number of guanidine groups is 1. The van der Waals surface area contributed by atoms with Crippen LogP contribution in [0.1, 0.15) is 52.5 Å². The molecule has 2 atom stereocenters. The highest BCUT2D eigenvalue weighted by molar-refractivity contribution is 7.86. The topological polar surface area (TPSA) is 62.7 Å². The van der Waals surface area contributed by atoms with Gasteiger partial charge >= 0.3 is 0 Å². The van der Waals surface area contributed by atoms with Crippen molar-refractivity contribution in [2.75, 3.05) is 32.5 Å². The highest BCUT2D eigenvalue weighted by Gasteiger charge is 2.18. The van der Waals surface area contributed by atoms with E-state index in [0.717, 1.165) is 31.2 Å². The molecule has 26 heavy (non-hydrogen) atoms. The van der Waals surface area contributed by atoms with E-state index in [2.05, 4.69) is 34.7 Å². The average Bonchev–Trinajstić information content (AvgIpc) is 2.60. The van der Waals surface area contributed by atoms with Crippen molar-refractivity contribution in [2.24, 2.45) is 4.99 Å². The molecule has 0 aliphatic heterocycles. The maximum Gasteiger partial charge on any atom is 0.191 e. The van der Waals surface area contributed by atoms with Gasteiger partial charge in [-0.2, -0.15) is 0 Å². The zero-order chi connectivity index (χ0) is 19.6. The predicted octanol–water partition coefficient (Wildman–Crippen LogP) is 3.29. The number of benzene rings is 1. The maximum absolute atomic E-state index is 12.1. The van der Waals surface area contributed by atoms with E-state index in [9.17, 15) is 4.21 Å². The Hall–Kier alpha value is -1.56. The first kappa shape index (κ1) is 22.5. The molecule has 148 valence electrons. The van der Waals surface area contributed by atoms with E-state index in [1.54, 1.807) is 7.11 Å². The number of nitrogens with zero attached hydrogens (tertiary/aromatic N) is 1. The molecule has 0 spiro atoms. The van der Waals surface area contributed by atoms with Crippen LogP contribution in [0.5, 0.6) is 5.75 Å². The van der Waals surface area contributed by atoms with Crippen LogP contribution in [0.3, 0.4) is 0 Å². The summed E-state index contributed by atoms with van der Waals surface area (Å²) in [5, 5.41) is 6.53. The fourth-order valence-electron chi connectivity index (χ4n) is 2.38. The van der Waals surface area contributed by atoms with Gasteiger partial charge in [-0.1, -0.05) is 19.1 Å². The molecule has 0 aliphatic rings. The minimum absolute atomic E-state index is 0.176. The lowest BCUT2D eigenvalue weighted by atomic mass is 9.98. The highest BCUT2D eigenvalue weighted by atomic mass is 32.2. The summed E-state index contributed by atoms with van der Waals surface area (Å²) in [6.45, 7) is 12.5. The monoisotopic (exact) mass is 381 g/mol. The van der Waals surface area contributed by atoms with Crippen molar-refractivity contribution in [1.82, 2.24) is 10.6 Å². The molecule has 0 aromatic heterocycles. The van der Waals surface area contributed by atoms with Crippen molar-refractivity contribution in [3.63, 3.8) is 0 Å². The molecule has 0 bridgehead atoms. The van der Waals surface area contributed by atoms with E-state index in [0.29, 0.717) is 18.2 Å². The number of hydrogen-bond donors (Lipinski definition) is 2. The van der Waals surface area contributed by atoms with Crippen LogP contribution >= 0.6 is 0 Å². The van der Waals surface area contributed by atoms with Crippen LogP contribution in [0.25, 0.3) is 0 Å². The highest BCUT2D eigenvalue weighted by Crippen LogP contribution is 2.21. The smallest absolute Gasteiger partial charge is 0.191 e. The van der Waals surface area contributed by atoms with Gasteiger partial charge in [0, 0.05) is 40.9 Å². The summed E-state index contributed by atoms with van der Waals surface area (Å²) in [6, 6.07) is 8.21. The lowest BCUT2D eigenvalue weighted by Gasteiger charge is -2.18. The van der Waals surface area contributed by atoms with Crippen molar-refractivity contribution in [3.05, 3.63) is 29.8 Å². The van der Waals surface area contributed by atoms with Crippen LogP contribution in [0, 0.1) is 0 Å². The number of ether oxygens (including phenoxy) is 1. The third-order valence-corrected chi connectivity index (χ3v) is 6.06. The van der Waals surface area contributed by atoms with Crippen LogP contribution in [-0.4, -0.2) is 47.4 Å². The summed E-state index contributed by atoms with van der Waals surface area (Å²) in [7, 11) is 0.826. The van der Waals surface area contributed by atoms with Gasteiger partial charge in [0.1, 0.15) is 5.75 Å². The molecular formula is C20H35N3O2S. The average molecular weight is 382 g/mol. The first-order valence-electron chi connectivity index (χ1n) is 9.32. The van der Waals surface area contributed by atoms with Crippen LogP contribution < -0.4 is 15.4 Å². The SMILES string of the molecule is CCNC(=NCCC(C)c1ccc(OC)cc1)NCCS(=O)C(C)(C)C. The van der Waals surface area contributed by atoms with Gasteiger partial charge in [-0.25, -0.2) is 0 Å². The lowest BCUT2D eigenvalue weighted by molar-refractivity contribution is 0.414. The Labute approximate surface area is 161 Å². The van der Waals surface area contributed by atoms with Gasteiger partial charge in [-0.15, -0.1) is 0 Å². The number of nitrogens with one attached hydrogen (secondary N) is 2. The van der Waals surface area contributed by atoms with Gasteiger partial charge in [0.2, 0.25) is 0 Å². The summed E-state index contributed by atoms with van der Waals surface area (Å²) in [4.78, 5) is 4.64. The standard InChI is InChI=1S/C20H35N3O2S/c1-7-21-19(23-14-15-26(24)20(3,4)5)22-13-12-16(2)17-8-10-18(25-6)11-9-17/h8-11,16H,7,12-15H2,1-6H3,(H2,21,22,23). The van der Waals surface area contributed by atoms with E-state index in [1.165, 1.54) is 5.56 Å². The van der Waals surface area contributed by atoms with E-state index in [4.69, 9.17) is 4.74 Å². The molecule has 1 aromatic rings. The van der Waals surface area contributed by atoms with Crippen molar-refractivity contribution in [2.45, 2.75) is 51.7 Å². The van der Waals surface area contributed by atoms with E-state index < -0.39 is 10.8 Å². The van der Waals surface area contributed by atoms with Gasteiger partial charge in [0.25, 0.3) is 0 Å². The summed E-state index contributed by atoms with van der Waals surface area (Å²) in [5.41, 5.74) is 1.29. The number of methoxy groups -OCH3 is 1. The Kier molecular flexibility index (Phi) is 9.70. The second kappa shape index (κ2) is 11.2. The Balaban J connectivity index is 2.48. The molecule has 0 heterocycles. The zero-order valence-corrected chi connectivity index (χ0v) is 17.9. The molecule has 2 unspecified atom stereocenters. The number of aliphatic imine (C=N–C) groups is 1. The molecule has 0 radical (unpaired) electrons. The molecule has 1 rings (SSSR count). The molecule has 1 aromatic carbocycles. The summed E-state index contributed by atoms with van der Waals surface area (Å²) >= 11 is 0. The Bertz CT molecular complexity index is 580. The van der Waals surface area contributed by atoms with Crippen LogP contribution in [-0.2, 0) is 10.8 Å². The largest absolute Gasteiger partial charge is 0.497 e. The van der Waals surface area contributed by atoms with Gasteiger partial charge in [0.15, 0.2) is 5.96 Å². The van der Waals surface area contributed by atoms with Crippen molar-refractivity contribution < 1.29 is 8.95 Å². The first-order chi connectivity index (χ1) is 12.3. The Morgan fingerprint density at radius 3 is 2.42 bits per heavy atom. The van der Waals surface area contributed by atoms with E-state index in [-0.39, 0.29) is 4.75 Å². The maximum atomic E-state index is 12.1. The third-order valence-electron chi connectivity index (χ3n) is 4.12. The van der Waals surface area contributed by atoms with Crippen LogP contribution in [0.4, 0.5) is 0 Å². The van der Waals surface area contributed by atoms with Gasteiger partial charge in [-0.05, 0) is 57.7 Å². The second-order valence-corrected chi connectivity index (χ2v) is 9.64. The molecule has 2 N–H and O–H groups in total. The minimum atomic E-state index is -0.854. The lowest BCUT2D eigenvalue weighted by Crippen LogP contribution is -2.40. The Morgan fingerprint density at radius 2 is 1.88 bits per heavy atom. The normalized spacial score (nSPS) is 14.6. The van der Waals surface area contributed by atoms with E-state index >= 15 is 0 Å². The number of rotatable bonds is 9. The summed E-state index contributed by atoms with van der Waals surface area (Å²) < 4.78 is 17.1. The summed E-state index contributed by atoms with van der Waals surface area (Å²) in [5.74, 6) is 2.72. The molecule has 0 saturated carbocycles. The molecular weight excluding hydrogens is 346 g/mol. The van der Waals surface area contributed by atoms with Gasteiger partial charge < -0.3 is 15.4 Å². The van der Waals surface area contributed by atoms with E-state index in [1.807, 2.05) is 39.8 Å². The summed E-state index contributed by atoms with van der Waals surface area (Å²) in [6.07, 6.45) is 0.969. The van der Waals surface area contributed by atoms with Gasteiger partial charge in [0.05, 0.1) is 7.11 Å². The molecule has 0 amide bonds. The van der Waals surface area contributed by atoms with Crippen molar-refractivity contribution >= 4 is 16.8 Å². The first-order valence-corrected chi connectivity index (χ1v) is 10.6. The van der Waals surface area contributed by atoms with Crippen molar-refractivity contribution in [1.29, 1.82) is 0 Å². The fraction of sp³-hybridized carbons (Fsp3) is 0.650. The molecule has 0 aliphatic carbocycles. The quantitative estimate of drug-likeness (QED) is 0.509.